The Kier molecular flexibility index (Phi) is 7.32. The maximum atomic E-state index is 11.9. The molecule has 0 saturated heterocycles. The highest BCUT2D eigenvalue weighted by Gasteiger charge is 2.09. The molecule has 0 aliphatic heterocycles. The Hall–Kier alpha value is -1.91. The van der Waals surface area contributed by atoms with Crippen LogP contribution in [0.15, 0.2) is 24.4 Å². The summed E-state index contributed by atoms with van der Waals surface area (Å²) < 4.78 is 0. The lowest BCUT2D eigenvalue weighted by Gasteiger charge is -2.16. The molecule has 0 atom stereocenters. The SMILES string of the molecule is CC(=O)NCCCCCC(=O)N(C)Cc1ccccn1. The van der Waals surface area contributed by atoms with E-state index < -0.39 is 0 Å². The minimum absolute atomic E-state index is 0.00355. The van der Waals surface area contributed by atoms with Gasteiger partial charge in [0.15, 0.2) is 0 Å². The molecule has 1 heterocycles. The molecular weight excluding hydrogens is 254 g/mol. The van der Waals surface area contributed by atoms with Gasteiger partial charge in [-0.05, 0) is 25.0 Å². The Morgan fingerprint density at radius 1 is 1.25 bits per heavy atom. The zero-order chi connectivity index (χ0) is 14.8. The molecule has 5 heteroatoms. The first kappa shape index (κ1) is 16.1. The van der Waals surface area contributed by atoms with Gasteiger partial charge in [0.1, 0.15) is 0 Å². The van der Waals surface area contributed by atoms with Crippen molar-refractivity contribution in [3.63, 3.8) is 0 Å². The molecular formula is C15H23N3O2. The van der Waals surface area contributed by atoms with Gasteiger partial charge < -0.3 is 10.2 Å². The molecule has 0 aliphatic carbocycles. The van der Waals surface area contributed by atoms with Crippen LogP contribution in [0.2, 0.25) is 0 Å². The first-order valence-corrected chi connectivity index (χ1v) is 6.98. The van der Waals surface area contributed by atoms with Gasteiger partial charge in [0.2, 0.25) is 11.8 Å². The van der Waals surface area contributed by atoms with E-state index in [4.69, 9.17) is 0 Å². The molecule has 0 saturated carbocycles. The summed E-state index contributed by atoms with van der Waals surface area (Å²) in [6.45, 7) is 2.75. The molecule has 0 aliphatic rings. The number of hydrogen-bond acceptors (Lipinski definition) is 3. The Balaban J connectivity index is 2.14. The quantitative estimate of drug-likeness (QED) is 0.736. The van der Waals surface area contributed by atoms with Gasteiger partial charge in [-0.2, -0.15) is 0 Å². The summed E-state index contributed by atoms with van der Waals surface area (Å²) in [6, 6.07) is 5.69. The maximum Gasteiger partial charge on any atom is 0.222 e. The van der Waals surface area contributed by atoms with Crippen molar-refractivity contribution in [3.8, 4) is 0 Å². The van der Waals surface area contributed by atoms with Gasteiger partial charge in [-0.3, -0.25) is 14.6 Å². The highest BCUT2D eigenvalue weighted by molar-refractivity contribution is 5.75. The van der Waals surface area contributed by atoms with Gasteiger partial charge in [-0.25, -0.2) is 0 Å². The van der Waals surface area contributed by atoms with Crippen LogP contribution < -0.4 is 5.32 Å². The van der Waals surface area contributed by atoms with E-state index in [1.807, 2.05) is 18.2 Å². The summed E-state index contributed by atoms with van der Waals surface area (Å²) in [5, 5.41) is 2.75. The van der Waals surface area contributed by atoms with Crippen LogP contribution in [0.5, 0.6) is 0 Å². The molecule has 1 aromatic rings. The Labute approximate surface area is 120 Å². The van der Waals surface area contributed by atoms with Gasteiger partial charge in [0, 0.05) is 33.1 Å². The molecule has 0 unspecified atom stereocenters. The Morgan fingerprint density at radius 3 is 2.70 bits per heavy atom. The van der Waals surface area contributed by atoms with Gasteiger partial charge in [0.25, 0.3) is 0 Å². The third-order valence-corrected chi connectivity index (χ3v) is 2.99. The van der Waals surface area contributed by atoms with Crippen molar-refractivity contribution in [1.29, 1.82) is 0 Å². The average Bonchev–Trinajstić information content (AvgIpc) is 2.43. The first-order chi connectivity index (χ1) is 9.59. The van der Waals surface area contributed by atoms with E-state index in [2.05, 4.69) is 10.3 Å². The summed E-state index contributed by atoms with van der Waals surface area (Å²) >= 11 is 0. The predicted octanol–water partition coefficient (Wildman–Crippen LogP) is 1.74. The minimum Gasteiger partial charge on any atom is -0.356 e. The van der Waals surface area contributed by atoms with E-state index in [-0.39, 0.29) is 11.8 Å². The molecule has 2 amide bonds. The van der Waals surface area contributed by atoms with Crippen molar-refractivity contribution in [3.05, 3.63) is 30.1 Å². The lowest BCUT2D eigenvalue weighted by Crippen LogP contribution is -2.26. The standard InChI is InChI=1S/C15H23N3O2/c1-13(19)16-10-6-3-4-9-15(20)18(2)12-14-8-5-7-11-17-14/h5,7-8,11H,3-4,6,9-10,12H2,1-2H3,(H,16,19). The molecule has 0 bridgehead atoms. The molecule has 0 radical (unpaired) electrons. The molecule has 5 nitrogen and oxygen atoms in total. The molecule has 0 fully saturated rings. The number of unbranched alkanes of at least 4 members (excludes halogenated alkanes) is 2. The van der Waals surface area contributed by atoms with Crippen LogP contribution in [-0.4, -0.2) is 35.3 Å². The third-order valence-electron chi connectivity index (χ3n) is 2.99. The van der Waals surface area contributed by atoms with E-state index in [1.165, 1.54) is 6.92 Å². The number of carbonyl (C=O) groups excluding carboxylic acids is 2. The van der Waals surface area contributed by atoms with Crippen molar-refractivity contribution >= 4 is 11.8 Å². The molecule has 0 aromatic carbocycles. The van der Waals surface area contributed by atoms with Crippen molar-refractivity contribution in [1.82, 2.24) is 15.2 Å². The van der Waals surface area contributed by atoms with Crippen molar-refractivity contribution in [2.45, 2.75) is 39.2 Å². The zero-order valence-corrected chi connectivity index (χ0v) is 12.3. The van der Waals surface area contributed by atoms with Crippen LogP contribution >= 0.6 is 0 Å². The Bertz CT molecular complexity index is 420. The van der Waals surface area contributed by atoms with E-state index in [1.54, 1.807) is 18.1 Å². The van der Waals surface area contributed by atoms with Crippen LogP contribution in [0.25, 0.3) is 0 Å². The van der Waals surface area contributed by atoms with Gasteiger partial charge in [-0.15, -0.1) is 0 Å². The fourth-order valence-corrected chi connectivity index (χ4v) is 1.86. The molecule has 1 aromatic heterocycles. The van der Waals surface area contributed by atoms with Crippen LogP contribution in [0.1, 0.15) is 38.3 Å². The topological polar surface area (TPSA) is 62.3 Å². The minimum atomic E-state index is -0.00355. The number of aromatic nitrogens is 1. The van der Waals surface area contributed by atoms with E-state index in [0.29, 0.717) is 19.5 Å². The van der Waals surface area contributed by atoms with Crippen LogP contribution in [0.3, 0.4) is 0 Å². The van der Waals surface area contributed by atoms with E-state index >= 15 is 0 Å². The lowest BCUT2D eigenvalue weighted by molar-refractivity contribution is -0.130. The smallest absolute Gasteiger partial charge is 0.222 e. The van der Waals surface area contributed by atoms with Crippen molar-refractivity contribution in [2.24, 2.45) is 0 Å². The number of hydrogen-bond donors (Lipinski definition) is 1. The molecule has 110 valence electrons. The fourth-order valence-electron chi connectivity index (χ4n) is 1.86. The van der Waals surface area contributed by atoms with Crippen LogP contribution in [0.4, 0.5) is 0 Å². The number of nitrogens with one attached hydrogen (secondary N) is 1. The second-order valence-electron chi connectivity index (χ2n) is 4.86. The summed E-state index contributed by atoms with van der Waals surface area (Å²) in [4.78, 5) is 28.5. The van der Waals surface area contributed by atoms with E-state index in [0.717, 1.165) is 25.0 Å². The van der Waals surface area contributed by atoms with Crippen molar-refractivity contribution < 1.29 is 9.59 Å². The van der Waals surface area contributed by atoms with Crippen LogP contribution in [0, 0.1) is 0 Å². The second-order valence-corrected chi connectivity index (χ2v) is 4.86. The molecule has 20 heavy (non-hydrogen) atoms. The van der Waals surface area contributed by atoms with E-state index in [9.17, 15) is 9.59 Å². The molecule has 0 spiro atoms. The highest BCUT2D eigenvalue weighted by atomic mass is 16.2. The first-order valence-electron chi connectivity index (χ1n) is 6.98. The largest absolute Gasteiger partial charge is 0.356 e. The number of rotatable bonds is 8. The fraction of sp³-hybridized carbons (Fsp3) is 0.533. The summed E-state index contributed by atoms with van der Waals surface area (Å²) in [5.74, 6) is 0.131. The predicted molar refractivity (Wildman–Crippen MR) is 77.9 cm³/mol. The van der Waals surface area contributed by atoms with Gasteiger partial charge in [0.05, 0.1) is 12.2 Å². The maximum absolute atomic E-state index is 11.9. The average molecular weight is 277 g/mol. The monoisotopic (exact) mass is 277 g/mol. The number of nitrogens with zero attached hydrogens (tertiary/aromatic N) is 2. The molecule has 1 N–H and O–H groups in total. The third kappa shape index (κ3) is 6.87. The van der Waals surface area contributed by atoms with Gasteiger partial charge >= 0.3 is 0 Å². The summed E-state index contributed by atoms with van der Waals surface area (Å²) in [7, 11) is 1.80. The normalized spacial score (nSPS) is 10.1. The summed E-state index contributed by atoms with van der Waals surface area (Å²) in [5.41, 5.74) is 0.897. The lowest BCUT2D eigenvalue weighted by atomic mass is 10.2. The number of carbonyl (C=O) groups is 2. The van der Waals surface area contributed by atoms with Crippen LogP contribution in [-0.2, 0) is 16.1 Å². The highest BCUT2D eigenvalue weighted by Crippen LogP contribution is 2.05. The second kappa shape index (κ2) is 9.07. The number of amides is 2. The Morgan fingerprint density at radius 2 is 2.05 bits per heavy atom. The summed E-state index contributed by atoms with van der Waals surface area (Å²) in [6.07, 6.45) is 4.99. The van der Waals surface area contributed by atoms with Gasteiger partial charge in [-0.1, -0.05) is 12.5 Å². The zero-order valence-electron chi connectivity index (χ0n) is 12.3. The van der Waals surface area contributed by atoms with Crippen molar-refractivity contribution in [2.75, 3.05) is 13.6 Å². The number of pyridine rings is 1. The molecule has 1 rings (SSSR count).